The van der Waals surface area contributed by atoms with Crippen LogP contribution in [-0.2, 0) is 4.79 Å². The van der Waals surface area contributed by atoms with Crippen molar-refractivity contribution in [2.24, 2.45) is 5.73 Å². The second-order valence-corrected chi connectivity index (χ2v) is 6.19. The summed E-state index contributed by atoms with van der Waals surface area (Å²) < 4.78 is 13.1. The van der Waals surface area contributed by atoms with Crippen LogP contribution in [-0.4, -0.2) is 16.7 Å². The Bertz CT molecular complexity index is 844. The fraction of sp³-hybridized carbons (Fsp3) is 0.176. The number of aryl methyl sites for hydroxylation is 1. The van der Waals surface area contributed by atoms with E-state index in [-0.39, 0.29) is 11.3 Å². The lowest BCUT2D eigenvalue weighted by Crippen LogP contribution is -2.19. The van der Waals surface area contributed by atoms with Crippen molar-refractivity contribution in [1.29, 1.82) is 5.26 Å². The van der Waals surface area contributed by atoms with Gasteiger partial charge in [-0.15, -0.1) is 0 Å². The fourth-order valence-corrected chi connectivity index (χ4v) is 3.20. The molecule has 0 radical (unpaired) electrons. The molecule has 1 amide bonds. The predicted molar refractivity (Wildman–Crippen MR) is 87.9 cm³/mol. The molecule has 2 rings (SSSR count). The number of nitrogens with two attached hydrogens (primary N) is 1. The van der Waals surface area contributed by atoms with Gasteiger partial charge in [-0.25, -0.2) is 9.37 Å². The minimum absolute atomic E-state index is 0.184. The number of Topliss-reactive ketones (excluding diaryl/α,β-unsaturated/α-hetero) is 1. The molecule has 5 nitrogen and oxygen atoms in total. The van der Waals surface area contributed by atoms with Gasteiger partial charge in [-0.3, -0.25) is 9.59 Å². The molecule has 0 aliphatic carbocycles. The van der Waals surface area contributed by atoms with Gasteiger partial charge in [0.15, 0.2) is 5.78 Å². The molecule has 0 spiro atoms. The Morgan fingerprint density at radius 1 is 1.33 bits per heavy atom. The van der Waals surface area contributed by atoms with E-state index in [0.717, 1.165) is 11.8 Å². The molecular weight excluding hydrogens is 329 g/mol. The summed E-state index contributed by atoms with van der Waals surface area (Å²) in [5, 5.41) is 8.77. The average Bonchev–Trinajstić information content (AvgIpc) is 2.53. The largest absolute Gasteiger partial charge is 0.368 e. The Morgan fingerprint density at radius 3 is 2.46 bits per heavy atom. The van der Waals surface area contributed by atoms with Crippen molar-refractivity contribution in [1.82, 2.24) is 4.98 Å². The standard InChI is InChI=1S/C17H14FN3O2S/c1-9-14(10(2)22)7-12(8-19)17(21-9)24-15(16(20)23)11-3-5-13(18)6-4-11/h3-7,15H,1-2H3,(H2,20,23). The molecule has 1 aromatic heterocycles. The molecular formula is C17H14FN3O2S. The third-order valence-corrected chi connectivity index (χ3v) is 4.61. The summed E-state index contributed by atoms with van der Waals surface area (Å²) in [5.74, 6) is -1.26. The maximum absolute atomic E-state index is 13.1. The first kappa shape index (κ1) is 17.6. The zero-order valence-electron chi connectivity index (χ0n) is 13.0. The van der Waals surface area contributed by atoms with E-state index in [1.165, 1.54) is 37.3 Å². The first-order valence-corrected chi connectivity index (χ1v) is 7.85. The van der Waals surface area contributed by atoms with Crippen molar-refractivity contribution in [2.75, 3.05) is 0 Å². The van der Waals surface area contributed by atoms with Gasteiger partial charge in [-0.1, -0.05) is 23.9 Å². The van der Waals surface area contributed by atoms with Gasteiger partial charge >= 0.3 is 0 Å². The lowest BCUT2D eigenvalue weighted by atomic mass is 10.1. The van der Waals surface area contributed by atoms with E-state index >= 15 is 0 Å². The second-order valence-electron chi connectivity index (χ2n) is 5.09. The zero-order valence-corrected chi connectivity index (χ0v) is 13.9. The number of ketones is 1. The number of aromatic nitrogens is 1. The van der Waals surface area contributed by atoms with Crippen molar-refractivity contribution in [2.45, 2.75) is 24.1 Å². The van der Waals surface area contributed by atoms with E-state index < -0.39 is 17.0 Å². The topological polar surface area (TPSA) is 96.8 Å². The fourth-order valence-electron chi connectivity index (χ4n) is 2.15. The van der Waals surface area contributed by atoms with E-state index in [2.05, 4.69) is 4.98 Å². The van der Waals surface area contributed by atoms with Crippen molar-refractivity contribution in [3.8, 4) is 6.07 Å². The number of halogens is 1. The zero-order chi connectivity index (χ0) is 17.9. The maximum Gasteiger partial charge on any atom is 0.235 e. The Kier molecular flexibility index (Phi) is 5.31. The van der Waals surface area contributed by atoms with Crippen molar-refractivity contribution in [3.63, 3.8) is 0 Å². The molecule has 0 saturated heterocycles. The quantitative estimate of drug-likeness (QED) is 0.665. The third kappa shape index (κ3) is 3.78. The van der Waals surface area contributed by atoms with E-state index in [1.807, 2.05) is 6.07 Å². The number of pyridine rings is 1. The summed E-state index contributed by atoms with van der Waals surface area (Å²) >= 11 is 1.000. The van der Waals surface area contributed by atoms with Gasteiger partial charge in [0.2, 0.25) is 5.91 Å². The molecule has 0 fully saturated rings. The summed E-state index contributed by atoms with van der Waals surface area (Å²) in [6.45, 7) is 3.04. The third-order valence-electron chi connectivity index (χ3n) is 3.34. The van der Waals surface area contributed by atoms with E-state index in [9.17, 15) is 19.2 Å². The van der Waals surface area contributed by atoms with Crippen LogP contribution in [0.15, 0.2) is 35.4 Å². The Hall–Kier alpha value is -2.72. The van der Waals surface area contributed by atoms with E-state index in [4.69, 9.17) is 5.73 Å². The highest BCUT2D eigenvalue weighted by Crippen LogP contribution is 2.36. The van der Waals surface area contributed by atoms with Gasteiger partial charge in [0, 0.05) is 11.3 Å². The summed E-state index contributed by atoms with van der Waals surface area (Å²) in [7, 11) is 0. The first-order valence-electron chi connectivity index (χ1n) is 6.97. The van der Waals surface area contributed by atoms with E-state index in [0.29, 0.717) is 21.8 Å². The predicted octanol–water partition coefficient (Wildman–Crippen LogP) is 2.92. The molecule has 1 aromatic carbocycles. The Labute approximate surface area is 142 Å². The lowest BCUT2D eigenvalue weighted by molar-refractivity contribution is -0.117. The minimum atomic E-state index is -0.826. The summed E-state index contributed by atoms with van der Waals surface area (Å²) in [6.07, 6.45) is 0. The number of carbonyl (C=O) groups is 2. The average molecular weight is 343 g/mol. The molecule has 0 aliphatic rings. The number of carbonyl (C=O) groups excluding carboxylic acids is 2. The molecule has 2 N–H and O–H groups in total. The number of nitriles is 1. The van der Waals surface area contributed by atoms with Gasteiger partial charge in [-0.2, -0.15) is 5.26 Å². The molecule has 2 aromatic rings. The Morgan fingerprint density at radius 2 is 1.96 bits per heavy atom. The van der Waals surface area contributed by atoms with Crippen LogP contribution < -0.4 is 5.73 Å². The molecule has 0 aliphatic heterocycles. The number of benzene rings is 1. The van der Waals surface area contributed by atoms with Gasteiger partial charge in [0.25, 0.3) is 0 Å². The maximum atomic E-state index is 13.1. The van der Waals surface area contributed by atoms with Crippen molar-refractivity contribution in [3.05, 3.63) is 58.5 Å². The van der Waals surface area contributed by atoms with Gasteiger partial charge in [-0.05, 0) is 37.6 Å². The number of thioether (sulfide) groups is 1. The van der Waals surface area contributed by atoms with Crippen LogP contribution in [0.5, 0.6) is 0 Å². The van der Waals surface area contributed by atoms with Crippen LogP contribution in [0.3, 0.4) is 0 Å². The van der Waals surface area contributed by atoms with Gasteiger partial charge in [0.05, 0.1) is 5.56 Å². The normalized spacial score (nSPS) is 11.6. The molecule has 24 heavy (non-hydrogen) atoms. The number of hydrogen-bond donors (Lipinski definition) is 1. The van der Waals surface area contributed by atoms with Gasteiger partial charge in [0.1, 0.15) is 22.2 Å². The van der Waals surface area contributed by atoms with E-state index in [1.54, 1.807) is 6.92 Å². The molecule has 7 heteroatoms. The lowest BCUT2D eigenvalue weighted by Gasteiger charge is -2.15. The van der Waals surface area contributed by atoms with Crippen LogP contribution >= 0.6 is 11.8 Å². The first-order chi connectivity index (χ1) is 11.3. The SMILES string of the molecule is CC(=O)c1cc(C#N)c(SC(C(N)=O)c2ccc(F)cc2)nc1C. The second kappa shape index (κ2) is 7.23. The van der Waals surface area contributed by atoms with Crippen LogP contribution in [0.1, 0.15) is 39.4 Å². The van der Waals surface area contributed by atoms with Crippen LogP contribution in [0.25, 0.3) is 0 Å². The number of rotatable bonds is 5. The Balaban J connectivity index is 2.45. The van der Waals surface area contributed by atoms with Crippen molar-refractivity contribution >= 4 is 23.5 Å². The molecule has 0 bridgehead atoms. The molecule has 0 saturated carbocycles. The highest BCUT2D eigenvalue weighted by Gasteiger charge is 2.23. The number of amides is 1. The summed E-state index contributed by atoms with van der Waals surface area (Å²) in [6, 6.07) is 8.81. The molecule has 1 heterocycles. The van der Waals surface area contributed by atoms with Crippen LogP contribution in [0, 0.1) is 24.1 Å². The summed E-state index contributed by atoms with van der Waals surface area (Å²) in [4.78, 5) is 27.6. The van der Waals surface area contributed by atoms with Crippen LogP contribution in [0.2, 0.25) is 0 Å². The number of nitrogens with zero attached hydrogens (tertiary/aromatic N) is 2. The molecule has 122 valence electrons. The summed E-state index contributed by atoms with van der Waals surface area (Å²) in [5.41, 5.74) is 6.95. The molecule has 1 atom stereocenters. The molecule has 1 unspecified atom stereocenters. The highest BCUT2D eigenvalue weighted by molar-refractivity contribution is 8.00. The smallest absolute Gasteiger partial charge is 0.235 e. The van der Waals surface area contributed by atoms with Crippen LogP contribution in [0.4, 0.5) is 4.39 Å². The number of hydrogen-bond acceptors (Lipinski definition) is 5. The number of primary amides is 1. The van der Waals surface area contributed by atoms with Gasteiger partial charge < -0.3 is 5.73 Å². The minimum Gasteiger partial charge on any atom is -0.368 e. The highest BCUT2D eigenvalue weighted by atomic mass is 32.2. The van der Waals surface area contributed by atoms with Crippen molar-refractivity contribution < 1.29 is 14.0 Å². The monoisotopic (exact) mass is 343 g/mol.